The van der Waals surface area contributed by atoms with Crippen LogP contribution in [0.2, 0.25) is 56.4 Å². The number of hydrogen-bond acceptors (Lipinski definition) is 9. The molecule has 0 aliphatic carbocycles. The number of halogens is 2. The number of benzene rings is 1. The summed E-state index contributed by atoms with van der Waals surface area (Å²) in [5, 5.41) is 6.15. The molecule has 4 bridgehead atoms. The van der Waals surface area contributed by atoms with Crippen LogP contribution in [0.1, 0.15) is 65.2 Å². The molecule has 0 saturated carbocycles. The van der Waals surface area contributed by atoms with Gasteiger partial charge in [-0.2, -0.15) is 5.10 Å². The first-order chi connectivity index (χ1) is 30.5. The van der Waals surface area contributed by atoms with Crippen molar-refractivity contribution in [2.24, 2.45) is 18.9 Å². The van der Waals surface area contributed by atoms with Crippen molar-refractivity contribution in [3.63, 3.8) is 0 Å². The average Bonchev–Trinajstić information content (AvgIpc) is 4.01. The number of aryl methyl sites for hydroxylation is 1. The standard InChI is InChI=1S/C28H37ClN6OSi.C20H31IN4OSi/c1-18-12-19-6-7-20(13-18)35(19)25-14-30-27-22(21-8-9-24-23(26(21)29)15-33(2)32-24)16-34(28(27)31-25)17-36-10-11-37(3,4)5;1-14-9-15-5-6-16(10-14)25(15)18-11-22-19-17(21)12-24(20(19)23-18)13-26-7-8-27(2,3)4/h8-9,14-16,18-20H,6-7,10-13,17H2,1-5H3;11-12,14-16H,5-10,13H2,1-4H3/t18?,19-,20+;14?,15-,16+. The van der Waals surface area contributed by atoms with Gasteiger partial charge in [-0.1, -0.05) is 70.8 Å². The second-order valence-corrected chi connectivity index (χ2v) is 34.6. The highest BCUT2D eigenvalue weighted by atomic mass is 127. The minimum atomic E-state index is -1.17. The van der Waals surface area contributed by atoms with E-state index < -0.39 is 16.1 Å². The zero-order chi connectivity index (χ0) is 45.1. The Balaban J connectivity index is 0.000000170. The first-order valence-electron chi connectivity index (χ1n) is 23.7. The summed E-state index contributed by atoms with van der Waals surface area (Å²) in [6.45, 7) is 21.7. The molecule has 4 saturated heterocycles. The third kappa shape index (κ3) is 9.81. The summed E-state index contributed by atoms with van der Waals surface area (Å²) in [7, 11) is -0.310. The molecule has 16 heteroatoms. The quantitative estimate of drug-likeness (QED) is 0.0635. The lowest BCUT2D eigenvalue weighted by molar-refractivity contribution is 0.0897. The lowest BCUT2D eigenvalue weighted by Crippen LogP contribution is -2.43. The van der Waals surface area contributed by atoms with E-state index >= 15 is 0 Å². The maximum Gasteiger partial charge on any atom is 0.164 e. The number of nitrogens with zero attached hydrogens (tertiary/aromatic N) is 10. The van der Waals surface area contributed by atoms with Gasteiger partial charge in [0, 0.05) is 95.7 Å². The molecule has 6 atom stereocenters. The highest BCUT2D eigenvalue weighted by Crippen LogP contribution is 2.44. The topological polar surface area (TPSA) is 104 Å². The molecule has 5 aromatic heterocycles. The fourth-order valence-corrected chi connectivity index (χ4v) is 13.3. The molecule has 1 aromatic carbocycles. The van der Waals surface area contributed by atoms with Crippen molar-refractivity contribution in [1.82, 2.24) is 38.9 Å². The number of anilines is 2. The smallest absolute Gasteiger partial charge is 0.164 e. The summed E-state index contributed by atoms with van der Waals surface area (Å²) >= 11 is 9.30. The Morgan fingerprint density at radius 2 is 1.16 bits per heavy atom. The SMILES string of the molecule is CC1C[C@H]2CC[C@@H](C1)N2c1cnc2c(-c3ccc4nn(C)cc4c3Cl)cn(COCC[Si](C)(C)C)c2n1.CC1C[C@H]2CC[C@@H](C1)N2c1cnc2c(I)cn(COCC[Si](C)(C)C)c2n1. The third-order valence-corrected chi connectivity index (χ3v) is 18.6. The minimum absolute atomic E-state index is 0.454. The van der Waals surface area contributed by atoms with Crippen molar-refractivity contribution in [2.75, 3.05) is 23.0 Å². The molecule has 10 rings (SSSR count). The van der Waals surface area contributed by atoms with Crippen molar-refractivity contribution < 1.29 is 9.47 Å². The largest absolute Gasteiger partial charge is 0.361 e. The number of aromatic nitrogens is 8. The van der Waals surface area contributed by atoms with Crippen LogP contribution in [0, 0.1) is 15.4 Å². The van der Waals surface area contributed by atoms with Crippen molar-refractivity contribution >= 4 is 95.2 Å². The van der Waals surface area contributed by atoms with Gasteiger partial charge in [-0.25, -0.2) is 19.9 Å². The van der Waals surface area contributed by atoms with Gasteiger partial charge in [0.25, 0.3) is 0 Å². The lowest BCUT2D eigenvalue weighted by atomic mass is 9.92. The maximum absolute atomic E-state index is 6.94. The summed E-state index contributed by atoms with van der Waals surface area (Å²) in [5.41, 5.74) is 6.49. The van der Waals surface area contributed by atoms with Crippen molar-refractivity contribution in [1.29, 1.82) is 0 Å². The van der Waals surface area contributed by atoms with E-state index in [0.29, 0.717) is 42.7 Å². The predicted molar refractivity (Wildman–Crippen MR) is 276 cm³/mol. The van der Waals surface area contributed by atoms with Crippen LogP contribution in [0.25, 0.3) is 44.4 Å². The third-order valence-electron chi connectivity index (χ3n) is 14.0. The van der Waals surface area contributed by atoms with Crippen molar-refractivity contribution in [3.8, 4) is 11.1 Å². The summed E-state index contributed by atoms with van der Waals surface area (Å²) in [6, 6.07) is 8.81. The van der Waals surface area contributed by atoms with Gasteiger partial charge in [0.15, 0.2) is 11.3 Å². The molecular formula is C48H68ClIN10O2Si2. The molecule has 6 aromatic rings. The Kier molecular flexibility index (Phi) is 13.3. The second kappa shape index (κ2) is 18.5. The van der Waals surface area contributed by atoms with Crippen LogP contribution in [0.15, 0.2) is 43.1 Å². The number of rotatable bonds is 13. The van der Waals surface area contributed by atoms with Crippen LogP contribution >= 0.6 is 34.2 Å². The summed E-state index contributed by atoms with van der Waals surface area (Å²) in [5.74, 6) is 3.67. The van der Waals surface area contributed by atoms with Gasteiger partial charge >= 0.3 is 0 Å². The van der Waals surface area contributed by atoms with Crippen molar-refractivity contribution in [3.05, 3.63) is 51.7 Å². The van der Waals surface area contributed by atoms with E-state index in [4.69, 9.17) is 41.0 Å². The zero-order valence-corrected chi connectivity index (χ0v) is 44.4. The monoisotopic (exact) mass is 1030 g/mol. The van der Waals surface area contributed by atoms with Gasteiger partial charge in [-0.05, 0) is 104 Å². The summed E-state index contributed by atoms with van der Waals surface area (Å²) < 4.78 is 19.4. The highest BCUT2D eigenvalue weighted by molar-refractivity contribution is 14.1. The second-order valence-electron chi connectivity index (χ2n) is 21.9. The molecule has 344 valence electrons. The van der Waals surface area contributed by atoms with Crippen molar-refractivity contribution in [2.45, 2.75) is 154 Å². The lowest BCUT2D eigenvalue weighted by Gasteiger charge is -2.38. The molecule has 4 fully saturated rings. The predicted octanol–water partition coefficient (Wildman–Crippen LogP) is 11.8. The van der Waals surface area contributed by atoms with Crippen LogP contribution in [0.3, 0.4) is 0 Å². The number of ether oxygens (including phenoxy) is 2. The molecule has 9 heterocycles. The Labute approximate surface area is 400 Å². The first-order valence-corrected chi connectivity index (χ1v) is 32.6. The molecule has 0 amide bonds. The van der Waals surface area contributed by atoms with Gasteiger partial charge in [0.05, 0.1) is 26.5 Å². The van der Waals surface area contributed by atoms with E-state index in [9.17, 15) is 0 Å². The van der Waals surface area contributed by atoms with Gasteiger partial charge in [-0.15, -0.1) is 0 Å². The van der Waals surface area contributed by atoms with E-state index in [1.807, 2.05) is 37.8 Å². The van der Waals surface area contributed by atoms with Crippen LogP contribution < -0.4 is 9.80 Å². The van der Waals surface area contributed by atoms with E-state index in [2.05, 4.69) is 112 Å². The van der Waals surface area contributed by atoms with Gasteiger partial charge in [0.2, 0.25) is 0 Å². The molecule has 2 unspecified atom stereocenters. The maximum atomic E-state index is 6.94. The average molecular weight is 1040 g/mol. The van der Waals surface area contributed by atoms with Crippen LogP contribution in [0.4, 0.5) is 11.6 Å². The fraction of sp³-hybridized carbons (Fsp3) is 0.604. The van der Waals surface area contributed by atoms with Gasteiger partial charge in [-0.3, -0.25) is 4.68 Å². The molecular weight excluding hydrogens is 967 g/mol. The molecule has 4 aliphatic heterocycles. The van der Waals surface area contributed by atoms with Gasteiger partial charge in [0.1, 0.15) is 36.1 Å². The van der Waals surface area contributed by atoms with E-state index in [1.165, 1.54) is 57.4 Å². The molecule has 4 aliphatic rings. The Morgan fingerprint density at radius 1 is 0.672 bits per heavy atom. The normalized spacial score (nSPS) is 23.5. The summed E-state index contributed by atoms with van der Waals surface area (Å²) in [4.78, 5) is 25.2. The van der Waals surface area contributed by atoms with E-state index in [1.54, 1.807) is 4.68 Å². The van der Waals surface area contributed by atoms with E-state index in [0.717, 1.165) is 90.7 Å². The number of piperidine rings is 2. The zero-order valence-electron chi connectivity index (χ0n) is 39.4. The summed E-state index contributed by atoms with van der Waals surface area (Å²) in [6.07, 6.45) is 20.3. The molecule has 12 nitrogen and oxygen atoms in total. The Morgan fingerprint density at radius 3 is 1.67 bits per heavy atom. The van der Waals surface area contributed by atoms with Crippen LogP contribution in [-0.4, -0.2) is 92.4 Å². The highest BCUT2D eigenvalue weighted by Gasteiger charge is 2.41. The Bertz CT molecular complexity index is 2590. The van der Waals surface area contributed by atoms with Crippen LogP contribution in [-0.2, 0) is 30.0 Å². The van der Waals surface area contributed by atoms with E-state index in [-0.39, 0.29) is 0 Å². The minimum Gasteiger partial charge on any atom is -0.361 e. The molecule has 0 radical (unpaired) electrons. The first kappa shape index (κ1) is 46.0. The molecule has 64 heavy (non-hydrogen) atoms. The van der Waals surface area contributed by atoms with Crippen LogP contribution in [0.5, 0.6) is 0 Å². The fourth-order valence-electron chi connectivity index (χ4n) is 10.8. The number of hydrogen-bond donors (Lipinski definition) is 0. The Hall–Kier alpha value is -3.10. The van der Waals surface area contributed by atoms with Gasteiger partial charge < -0.3 is 28.4 Å². The molecule has 0 spiro atoms. The number of fused-ring (bicyclic) bond motifs is 7. The molecule has 0 N–H and O–H groups in total.